The molecule has 0 aromatic carbocycles. The average molecular weight is 223 g/mol. The SMILES string of the molecule is CC#Cc1ccc(F)c(C(O)CCOC)n1. The summed E-state index contributed by atoms with van der Waals surface area (Å²) in [6.07, 6.45) is -0.651. The number of aliphatic hydroxyl groups is 1. The van der Waals surface area contributed by atoms with Crippen molar-refractivity contribution in [3.63, 3.8) is 0 Å². The van der Waals surface area contributed by atoms with Crippen molar-refractivity contribution >= 4 is 0 Å². The van der Waals surface area contributed by atoms with Gasteiger partial charge in [0.1, 0.15) is 23.3 Å². The third kappa shape index (κ3) is 3.30. The largest absolute Gasteiger partial charge is 0.387 e. The summed E-state index contributed by atoms with van der Waals surface area (Å²) >= 11 is 0. The molecular formula is C12H14FNO2. The van der Waals surface area contributed by atoms with Crippen LogP contribution in [0.2, 0.25) is 0 Å². The van der Waals surface area contributed by atoms with Gasteiger partial charge in [-0.3, -0.25) is 0 Å². The molecule has 4 heteroatoms. The van der Waals surface area contributed by atoms with E-state index in [0.717, 1.165) is 0 Å². The van der Waals surface area contributed by atoms with Crippen molar-refractivity contribution in [3.05, 3.63) is 29.3 Å². The molecule has 86 valence electrons. The Bertz CT molecular complexity index is 409. The van der Waals surface area contributed by atoms with Crippen LogP contribution in [-0.2, 0) is 4.74 Å². The molecule has 0 bridgehead atoms. The number of pyridine rings is 1. The second-order valence-electron chi connectivity index (χ2n) is 3.24. The van der Waals surface area contributed by atoms with Crippen LogP contribution in [-0.4, -0.2) is 23.8 Å². The smallest absolute Gasteiger partial charge is 0.147 e. The summed E-state index contributed by atoms with van der Waals surface area (Å²) in [7, 11) is 1.52. The Labute approximate surface area is 94.3 Å². The van der Waals surface area contributed by atoms with Crippen molar-refractivity contribution in [1.29, 1.82) is 0 Å². The van der Waals surface area contributed by atoms with Crippen molar-refractivity contribution in [1.82, 2.24) is 4.98 Å². The second kappa shape index (κ2) is 6.21. The Kier molecular flexibility index (Phi) is 4.90. The van der Waals surface area contributed by atoms with Crippen molar-refractivity contribution in [3.8, 4) is 11.8 Å². The van der Waals surface area contributed by atoms with E-state index in [0.29, 0.717) is 18.7 Å². The lowest BCUT2D eigenvalue weighted by Gasteiger charge is -2.10. The molecule has 0 amide bonds. The van der Waals surface area contributed by atoms with Gasteiger partial charge in [-0.05, 0) is 25.0 Å². The zero-order valence-electron chi connectivity index (χ0n) is 9.33. The van der Waals surface area contributed by atoms with Gasteiger partial charge in [0.15, 0.2) is 0 Å². The van der Waals surface area contributed by atoms with Gasteiger partial charge >= 0.3 is 0 Å². The minimum absolute atomic E-state index is 0.0253. The highest BCUT2D eigenvalue weighted by molar-refractivity contribution is 5.29. The normalized spacial score (nSPS) is 11.8. The van der Waals surface area contributed by atoms with E-state index in [9.17, 15) is 9.50 Å². The molecule has 1 rings (SSSR count). The number of aliphatic hydroxyl groups excluding tert-OH is 1. The van der Waals surface area contributed by atoms with E-state index in [2.05, 4.69) is 16.8 Å². The van der Waals surface area contributed by atoms with E-state index < -0.39 is 11.9 Å². The predicted molar refractivity (Wildman–Crippen MR) is 58.2 cm³/mol. The fourth-order valence-corrected chi connectivity index (χ4v) is 1.26. The van der Waals surface area contributed by atoms with E-state index in [1.807, 2.05) is 0 Å². The van der Waals surface area contributed by atoms with Crippen LogP contribution < -0.4 is 0 Å². The van der Waals surface area contributed by atoms with E-state index >= 15 is 0 Å². The van der Waals surface area contributed by atoms with Gasteiger partial charge in [-0.1, -0.05) is 5.92 Å². The van der Waals surface area contributed by atoms with Gasteiger partial charge < -0.3 is 9.84 Å². The lowest BCUT2D eigenvalue weighted by Crippen LogP contribution is -2.07. The van der Waals surface area contributed by atoms with Gasteiger partial charge in [-0.25, -0.2) is 9.37 Å². The molecule has 0 saturated carbocycles. The van der Waals surface area contributed by atoms with Gasteiger partial charge in [0.25, 0.3) is 0 Å². The Morgan fingerprint density at radius 3 is 2.94 bits per heavy atom. The molecule has 1 N–H and O–H groups in total. The van der Waals surface area contributed by atoms with Crippen molar-refractivity contribution in [2.24, 2.45) is 0 Å². The molecule has 0 aliphatic rings. The zero-order chi connectivity index (χ0) is 12.0. The van der Waals surface area contributed by atoms with Crippen LogP contribution in [0.4, 0.5) is 4.39 Å². The minimum atomic E-state index is -0.960. The number of hydrogen-bond donors (Lipinski definition) is 1. The lowest BCUT2D eigenvalue weighted by atomic mass is 10.1. The Balaban J connectivity index is 2.91. The molecule has 1 atom stereocenters. The second-order valence-corrected chi connectivity index (χ2v) is 3.24. The van der Waals surface area contributed by atoms with E-state index in [1.54, 1.807) is 6.92 Å². The number of halogens is 1. The van der Waals surface area contributed by atoms with Crippen molar-refractivity contribution in [2.75, 3.05) is 13.7 Å². The van der Waals surface area contributed by atoms with Crippen LogP contribution >= 0.6 is 0 Å². The molecular weight excluding hydrogens is 209 g/mol. The maximum absolute atomic E-state index is 13.4. The third-order valence-corrected chi connectivity index (χ3v) is 2.04. The summed E-state index contributed by atoms with van der Waals surface area (Å²) in [5.41, 5.74) is 0.479. The van der Waals surface area contributed by atoms with Gasteiger partial charge in [-0.2, -0.15) is 0 Å². The molecule has 0 fully saturated rings. The van der Waals surface area contributed by atoms with E-state index in [4.69, 9.17) is 4.74 Å². The summed E-state index contributed by atoms with van der Waals surface area (Å²) in [4.78, 5) is 3.96. The topological polar surface area (TPSA) is 42.4 Å². The first kappa shape index (κ1) is 12.6. The van der Waals surface area contributed by atoms with Crippen molar-refractivity contribution < 1.29 is 14.2 Å². The highest BCUT2D eigenvalue weighted by atomic mass is 19.1. The maximum Gasteiger partial charge on any atom is 0.147 e. The van der Waals surface area contributed by atoms with Gasteiger partial charge in [0, 0.05) is 20.1 Å². The number of hydrogen-bond acceptors (Lipinski definition) is 3. The fourth-order valence-electron chi connectivity index (χ4n) is 1.26. The highest BCUT2D eigenvalue weighted by Gasteiger charge is 2.14. The first-order chi connectivity index (χ1) is 7.69. The standard InChI is InChI=1S/C12H14FNO2/c1-3-4-9-5-6-10(13)12(14-9)11(15)7-8-16-2/h5-6,11,15H,7-8H2,1-2H3. The summed E-state index contributed by atoms with van der Waals surface area (Å²) in [6, 6.07) is 2.75. The Hall–Kier alpha value is -1.44. The quantitative estimate of drug-likeness (QED) is 0.789. The molecule has 0 aliphatic carbocycles. The molecule has 1 aromatic rings. The molecule has 3 nitrogen and oxygen atoms in total. The van der Waals surface area contributed by atoms with Crippen molar-refractivity contribution in [2.45, 2.75) is 19.4 Å². The summed E-state index contributed by atoms with van der Waals surface area (Å²) in [5, 5.41) is 9.69. The molecule has 0 saturated heterocycles. The van der Waals surface area contributed by atoms with E-state index in [-0.39, 0.29) is 5.69 Å². The van der Waals surface area contributed by atoms with Crippen LogP contribution in [0.15, 0.2) is 12.1 Å². The third-order valence-electron chi connectivity index (χ3n) is 2.04. The Morgan fingerprint density at radius 2 is 2.31 bits per heavy atom. The molecule has 1 unspecified atom stereocenters. The summed E-state index contributed by atoms with van der Waals surface area (Å²) in [5.74, 6) is 4.86. The van der Waals surface area contributed by atoms with Crippen LogP contribution in [0.1, 0.15) is 30.8 Å². The predicted octanol–water partition coefficient (Wildman–Crippen LogP) is 1.66. The summed E-state index contributed by atoms with van der Waals surface area (Å²) < 4.78 is 18.2. The molecule has 0 aliphatic heterocycles. The number of ether oxygens (including phenoxy) is 1. The van der Waals surface area contributed by atoms with Crippen LogP contribution in [0, 0.1) is 17.7 Å². The molecule has 0 radical (unpaired) electrons. The highest BCUT2D eigenvalue weighted by Crippen LogP contribution is 2.18. The zero-order valence-corrected chi connectivity index (χ0v) is 9.33. The molecule has 16 heavy (non-hydrogen) atoms. The summed E-state index contributed by atoms with van der Waals surface area (Å²) in [6.45, 7) is 2.03. The monoisotopic (exact) mass is 223 g/mol. The first-order valence-electron chi connectivity index (χ1n) is 4.95. The van der Waals surface area contributed by atoms with Gasteiger partial charge in [-0.15, -0.1) is 0 Å². The number of aromatic nitrogens is 1. The maximum atomic E-state index is 13.4. The van der Waals surface area contributed by atoms with E-state index in [1.165, 1.54) is 19.2 Å². The van der Waals surface area contributed by atoms with Gasteiger partial charge in [0.05, 0.1) is 0 Å². The fraction of sp³-hybridized carbons (Fsp3) is 0.417. The molecule has 1 heterocycles. The lowest BCUT2D eigenvalue weighted by molar-refractivity contribution is 0.105. The van der Waals surface area contributed by atoms with Gasteiger partial charge in [0.2, 0.25) is 0 Å². The number of nitrogens with zero attached hydrogens (tertiary/aromatic N) is 1. The Morgan fingerprint density at radius 1 is 1.56 bits per heavy atom. The first-order valence-corrected chi connectivity index (χ1v) is 4.95. The van der Waals surface area contributed by atoms with Crippen LogP contribution in [0.5, 0.6) is 0 Å². The average Bonchev–Trinajstić information content (AvgIpc) is 2.29. The molecule has 0 spiro atoms. The van der Waals surface area contributed by atoms with Crippen LogP contribution in [0.25, 0.3) is 0 Å². The number of rotatable bonds is 4. The number of methoxy groups -OCH3 is 1. The molecule has 1 aromatic heterocycles. The minimum Gasteiger partial charge on any atom is -0.387 e. The van der Waals surface area contributed by atoms with Crippen LogP contribution in [0.3, 0.4) is 0 Å².